The summed E-state index contributed by atoms with van der Waals surface area (Å²) in [6, 6.07) is 5.17. The third-order valence-corrected chi connectivity index (χ3v) is 3.04. The maximum absolute atomic E-state index is 11.5. The third-order valence-electron chi connectivity index (χ3n) is 3.04. The summed E-state index contributed by atoms with van der Waals surface area (Å²) >= 11 is 0. The highest BCUT2D eigenvalue weighted by Crippen LogP contribution is 2.32. The first-order valence-electron chi connectivity index (χ1n) is 6.92. The second-order valence-corrected chi connectivity index (χ2v) is 4.97. The van der Waals surface area contributed by atoms with Crippen molar-refractivity contribution in [3.8, 4) is 0 Å². The Morgan fingerprint density at radius 2 is 1.79 bits per heavy atom. The second kappa shape index (κ2) is 6.28. The number of aryl methyl sites for hydroxylation is 2. The molecule has 10 nitrogen and oxygen atoms in total. The minimum absolute atomic E-state index is 0.00143. The fourth-order valence-electron chi connectivity index (χ4n) is 2.01. The van der Waals surface area contributed by atoms with Gasteiger partial charge in [-0.3, -0.25) is 10.1 Å². The fourth-order valence-corrected chi connectivity index (χ4v) is 2.01. The van der Waals surface area contributed by atoms with Gasteiger partial charge >= 0.3 is 5.69 Å². The number of nitrogens with one attached hydrogen (secondary N) is 2. The lowest BCUT2D eigenvalue weighted by atomic mass is 10.3. The largest absolute Gasteiger partial charge is 0.360 e. The van der Waals surface area contributed by atoms with E-state index in [9.17, 15) is 10.1 Å². The number of anilines is 4. The van der Waals surface area contributed by atoms with E-state index >= 15 is 0 Å². The average Bonchev–Trinajstić information content (AvgIpc) is 2.92. The van der Waals surface area contributed by atoms with E-state index in [4.69, 9.17) is 4.52 Å². The molecular formula is C14H13N7O3. The Morgan fingerprint density at radius 3 is 2.38 bits per heavy atom. The highest BCUT2D eigenvalue weighted by atomic mass is 16.6. The summed E-state index contributed by atoms with van der Waals surface area (Å²) in [5.41, 5.74) is 0.641. The predicted molar refractivity (Wildman–Crippen MR) is 85.5 cm³/mol. The number of nitro groups is 1. The van der Waals surface area contributed by atoms with E-state index in [-0.39, 0.29) is 17.3 Å². The van der Waals surface area contributed by atoms with Crippen molar-refractivity contribution in [2.24, 2.45) is 0 Å². The van der Waals surface area contributed by atoms with Gasteiger partial charge in [-0.05, 0) is 31.5 Å². The number of aromatic nitrogens is 4. The molecule has 3 aromatic rings. The fraction of sp³-hybridized carbons (Fsp3) is 0.143. The molecule has 0 aromatic carbocycles. The van der Waals surface area contributed by atoms with E-state index in [1.54, 1.807) is 25.3 Å². The van der Waals surface area contributed by atoms with Crippen molar-refractivity contribution in [2.45, 2.75) is 13.8 Å². The summed E-state index contributed by atoms with van der Waals surface area (Å²) in [6.07, 6.45) is 2.81. The van der Waals surface area contributed by atoms with E-state index in [1.165, 1.54) is 6.33 Å². The SMILES string of the molecule is Cc1ccnc(Nc2ncnc(Nc3cc(C)on3)c2[N+](=O)[O-])c1. The smallest absolute Gasteiger partial charge is 0.354 e. The molecule has 0 unspecified atom stereocenters. The molecule has 2 N–H and O–H groups in total. The first-order valence-corrected chi connectivity index (χ1v) is 6.92. The van der Waals surface area contributed by atoms with Crippen LogP contribution in [0.15, 0.2) is 35.2 Å². The number of rotatable bonds is 5. The van der Waals surface area contributed by atoms with Crippen molar-refractivity contribution >= 4 is 29.0 Å². The zero-order chi connectivity index (χ0) is 17.1. The minimum Gasteiger partial charge on any atom is -0.360 e. The molecule has 3 heterocycles. The van der Waals surface area contributed by atoms with Gasteiger partial charge in [0.25, 0.3) is 0 Å². The number of pyridine rings is 1. The lowest BCUT2D eigenvalue weighted by Crippen LogP contribution is -2.06. The molecule has 3 rings (SSSR count). The van der Waals surface area contributed by atoms with E-state index in [0.29, 0.717) is 17.4 Å². The van der Waals surface area contributed by atoms with Crippen molar-refractivity contribution in [1.29, 1.82) is 0 Å². The Balaban J connectivity index is 1.97. The molecule has 0 spiro atoms. The van der Waals surface area contributed by atoms with Crippen molar-refractivity contribution in [1.82, 2.24) is 20.1 Å². The maximum Gasteiger partial charge on any atom is 0.354 e. The number of nitrogens with zero attached hydrogens (tertiary/aromatic N) is 5. The molecule has 0 atom stereocenters. The topological polar surface area (TPSA) is 132 Å². The summed E-state index contributed by atoms with van der Waals surface area (Å²) in [4.78, 5) is 22.9. The van der Waals surface area contributed by atoms with Gasteiger partial charge in [0, 0.05) is 12.3 Å². The number of hydrogen-bond acceptors (Lipinski definition) is 9. The molecule has 0 fully saturated rings. The van der Waals surface area contributed by atoms with E-state index < -0.39 is 4.92 Å². The highest BCUT2D eigenvalue weighted by molar-refractivity contribution is 5.75. The Labute approximate surface area is 136 Å². The monoisotopic (exact) mass is 327 g/mol. The third kappa shape index (κ3) is 3.27. The van der Waals surface area contributed by atoms with Crippen LogP contribution < -0.4 is 10.6 Å². The van der Waals surface area contributed by atoms with Crippen LogP contribution in [0.5, 0.6) is 0 Å². The highest BCUT2D eigenvalue weighted by Gasteiger charge is 2.24. The summed E-state index contributed by atoms with van der Waals surface area (Å²) < 4.78 is 4.92. The molecule has 3 aromatic heterocycles. The first kappa shape index (κ1) is 15.3. The molecule has 0 bridgehead atoms. The summed E-state index contributed by atoms with van der Waals surface area (Å²) in [5, 5.41) is 20.8. The predicted octanol–water partition coefficient (Wildman–Crippen LogP) is 2.87. The normalized spacial score (nSPS) is 10.4. The van der Waals surface area contributed by atoms with Crippen LogP contribution in [-0.2, 0) is 0 Å². The Kier molecular flexibility index (Phi) is 4.01. The summed E-state index contributed by atoms with van der Waals surface area (Å²) in [5.74, 6) is 1.35. The van der Waals surface area contributed by atoms with Crippen LogP contribution in [0.2, 0.25) is 0 Å². The van der Waals surface area contributed by atoms with Crippen LogP contribution in [0.1, 0.15) is 11.3 Å². The Bertz CT molecular complexity index is 894. The molecule has 0 aliphatic carbocycles. The van der Waals surface area contributed by atoms with E-state index in [0.717, 1.165) is 5.56 Å². The van der Waals surface area contributed by atoms with E-state index in [2.05, 4.69) is 30.7 Å². The van der Waals surface area contributed by atoms with Gasteiger partial charge in [0.05, 0.1) is 4.92 Å². The van der Waals surface area contributed by atoms with Crippen LogP contribution in [0, 0.1) is 24.0 Å². The molecular weight excluding hydrogens is 314 g/mol. The van der Waals surface area contributed by atoms with Crippen LogP contribution in [0.25, 0.3) is 0 Å². The lowest BCUT2D eigenvalue weighted by molar-refractivity contribution is -0.383. The van der Waals surface area contributed by atoms with Crippen molar-refractivity contribution in [3.63, 3.8) is 0 Å². The van der Waals surface area contributed by atoms with Gasteiger partial charge in [-0.1, -0.05) is 5.16 Å². The van der Waals surface area contributed by atoms with Gasteiger partial charge in [0.15, 0.2) is 5.82 Å². The average molecular weight is 327 g/mol. The maximum atomic E-state index is 11.5. The zero-order valence-corrected chi connectivity index (χ0v) is 12.8. The van der Waals surface area contributed by atoms with Gasteiger partial charge in [-0.25, -0.2) is 15.0 Å². The summed E-state index contributed by atoms with van der Waals surface area (Å²) in [7, 11) is 0. The molecule has 10 heteroatoms. The lowest BCUT2D eigenvalue weighted by Gasteiger charge is -2.08. The van der Waals surface area contributed by atoms with Crippen LogP contribution >= 0.6 is 0 Å². The van der Waals surface area contributed by atoms with Crippen LogP contribution in [-0.4, -0.2) is 25.0 Å². The van der Waals surface area contributed by atoms with Gasteiger partial charge in [-0.2, -0.15) is 0 Å². The Morgan fingerprint density at radius 1 is 1.08 bits per heavy atom. The molecule has 0 amide bonds. The van der Waals surface area contributed by atoms with Gasteiger partial charge in [-0.15, -0.1) is 0 Å². The van der Waals surface area contributed by atoms with Crippen LogP contribution in [0.4, 0.5) is 29.0 Å². The van der Waals surface area contributed by atoms with Crippen molar-refractivity contribution in [2.75, 3.05) is 10.6 Å². The van der Waals surface area contributed by atoms with Crippen molar-refractivity contribution in [3.05, 3.63) is 52.2 Å². The summed E-state index contributed by atoms with van der Waals surface area (Å²) in [6.45, 7) is 3.60. The zero-order valence-electron chi connectivity index (χ0n) is 12.8. The van der Waals surface area contributed by atoms with Crippen LogP contribution in [0.3, 0.4) is 0 Å². The second-order valence-electron chi connectivity index (χ2n) is 4.97. The standard InChI is InChI=1S/C14H13N7O3/c1-8-3-4-15-10(5-8)18-13-12(21(22)23)14(17-7-16-13)19-11-6-9(2)24-20-11/h3-7H,1-2H3,(H2,15,16,17,18,19,20). The van der Waals surface area contributed by atoms with Crippen molar-refractivity contribution < 1.29 is 9.45 Å². The minimum atomic E-state index is -0.576. The molecule has 0 radical (unpaired) electrons. The van der Waals surface area contributed by atoms with E-state index in [1.807, 2.05) is 13.0 Å². The molecule has 122 valence electrons. The Hall–Kier alpha value is -3.56. The molecule has 0 saturated heterocycles. The van der Waals surface area contributed by atoms with Gasteiger partial charge < -0.3 is 15.2 Å². The molecule has 0 saturated carbocycles. The number of hydrogen-bond donors (Lipinski definition) is 2. The molecule has 0 aliphatic heterocycles. The first-order chi connectivity index (χ1) is 11.5. The van der Waals surface area contributed by atoms with Gasteiger partial charge in [0.2, 0.25) is 11.6 Å². The molecule has 24 heavy (non-hydrogen) atoms. The quantitative estimate of drug-likeness (QED) is 0.536. The molecule has 0 aliphatic rings. The van der Waals surface area contributed by atoms with Gasteiger partial charge in [0.1, 0.15) is 17.9 Å².